The molecule has 2 aliphatic heterocycles. The highest BCUT2D eigenvalue weighted by Crippen LogP contribution is 2.24. The Morgan fingerprint density at radius 2 is 1.12 bits per heavy atom. The number of piperidine rings is 2. The molecule has 0 bridgehead atoms. The van der Waals surface area contributed by atoms with Crippen LogP contribution < -0.4 is 15.6 Å². The Kier molecular flexibility index (Phi) is 13.6. The van der Waals surface area contributed by atoms with Crippen LogP contribution in [0.2, 0.25) is 0 Å². The highest BCUT2D eigenvalue weighted by molar-refractivity contribution is 5.97. The maximum absolute atomic E-state index is 8.67. The molecule has 0 radical (unpaired) electrons. The first-order valence-electron chi connectivity index (χ1n) is 19.0. The van der Waals surface area contributed by atoms with E-state index in [1.807, 2.05) is 55.6 Å². The van der Waals surface area contributed by atoms with Crippen molar-refractivity contribution < 1.29 is 0 Å². The van der Waals surface area contributed by atoms with Gasteiger partial charge in [-0.05, 0) is 112 Å². The molecule has 9 heteroatoms. The Bertz CT molecular complexity index is 1730. The van der Waals surface area contributed by atoms with E-state index in [1.165, 1.54) is 36.8 Å². The number of benzene rings is 4. The smallest absolute Gasteiger partial charge is 0.125 e. The first-order valence-corrected chi connectivity index (χ1v) is 19.0. The number of likely N-dealkylation sites (tertiary alicyclic amines) is 2. The van der Waals surface area contributed by atoms with Gasteiger partial charge in [-0.2, -0.15) is 0 Å². The van der Waals surface area contributed by atoms with E-state index in [2.05, 4.69) is 91.4 Å². The fourth-order valence-corrected chi connectivity index (χ4v) is 7.31. The molecule has 2 aliphatic rings. The lowest BCUT2D eigenvalue weighted by atomic mass is 9.93. The van der Waals surface area contributed by atoms with Gasteiger partial charge in [0, 0.05) is 44.4 Å². The van der Waals surface area contributed by atoms with E-state index in [0.717, 1.165) is 82.0 Å². The minimum atomic E-state index is 0.416. The first-order chi connectivity index (χ1) is 25.5. The third-order valence-electron chi connectivity index (χ3n) is 10.6. The summed E-state index contributed by atoms with van der Waals surface area (Å²) in [4.78, 5) is 5.11. The van der Waals surface area contributed by atoms with E-state index in [-0.39, 0.29) is 0 Å². The molecule has 0 atom stereocenters. The number of anilines is 1. The summed E-state index contributed by atoms with van der Waals surface area (Å²) in [5, 5.41) is 34.6. The molecule has 52 heavy (non-hydrogen) atoms. The van der Waals surface area contributed by atoms with Crippen molar-refractivity contribution in [1.82, 2.24) is 20.4 Å². The van der Waals surface area contributed by atoms with Gasteiger partial charge >= 0.3 is 0 Å². The van der Waals surface area contributed by atoms with Crippen molar-refractivity contribution in [3.63, 3.8) is 0 Å². The quantitative estimate of drug-likeness (QED) is 0.0433. The van der Waals surface area contributed by atoms with Gasteiger partial charge in [0.2, 0.25) is 0 Å². The number of amidine groups is 2. The summed E-state index contributed by atoms with van der Waals surface area (Å²) in [5.41, 5.74) is 5.95. The number of nitrogens with one attached hydrogen (secondary N) is 4. The molecule has 9 nitrogen and oxygen atoms in total. The van der Waals surface area contributed by atoms with Gasteiger partial charge in [-0.3, -0.25) is 20.6 Å². The van der Waals surface area contributed by atoms with E-state index >= 15 is 0 Å². The van der Waals surface area contributed by atoms with Crippen LogP contribution in [0.5, 0.6) is 0 Å². The average Bonchev–Trinajstić information content (AvgIpc) is 3.19. The molecule has 2 heterocycles. The Hall–Kier alpha value is -4.86. The topological polar surface area (TPSA) is 106 Å². The second-order valence-corrected chi connectivity index (χ2v) is 14.4. The highest BCUT2D eigenvalue weighted by atomic mass is 15.5. The maximum atomic E-state index is 8.67. The molecule has 0 aromatic heterocycles. The summed E-state index contributed by atoms with van der Waals surface area (Å²) in [7, 11) is 1.86. The summed E-state index contributed by atoms with van der Waals surface area (Å²) in [6.07, 6.45) is 7.00. The van der Waals surface area contributed by atoms with Gasteiger partial charge < -0.3 is 10.6 Å². The minimum Gasteiger partial charge on any atom is -0.370 e. The van der Waals surface area contributed by atoms with Crippen molar-refractivity contribution in [1.29, 1.82) is 10.8 Å². The predicted octanol–water partition coefficient (Wildman–Crippen LogP) is 8.26. The standard InChI is InChI=1S/C43H55N9/c1-50(41-17-9-15-39(31-41)43(45)47-25-19-35-22-28-52(29-23-35)33-37-12-6-3-7-13-37)49-48-40-16-8-14-38(30-40)42(44)46-24-18-34-20-26-51(27-21-34)32-36-10-4-2-5-11-36/h2-17,30-31,34-35H,18-29,32-33H2,1H3,(H2,44,46)(H2,45,47)/b49-48+. The van der Waals surface area contributed by atoms with E-state index in [1.54, 1.807) is 5.01 Å². The molecule has 272 valence electrons. The van der Waals surface area contributed by atoms with Gasteiger partial charge in [0.05, 0.1) is 11.4 Å². The molecule has 4 aromatic carbocycles. The summed E-state index contributed by atoms with van der Waals surface area (Å²) in [5.74, 6) is 2.24. The summed E-state index contributed by atoms with van der Waals surface area (Å²) >= 11 is 0. The van der Waals surface area contributed by atoms with Crippen LogP contribution in [0.1, 0.15) is 60.8 Å². The molecule has 0 aliphatic carbocycles. The van der Waals surface area contributed by atoms with Crippen LogP contribution in [-0.4, -0.2) is 67.8 Å². The van der Waals surface area contributed by atoms with Crippen molar-refractivity contribution in [3.05, 3.63) is 131 Å². The monoisotopic (exact) mass is 697 g/mol. The minimum absolute atomic E-state index is 0.416. The predicted molar refractivity (Wildman–Crippen MR) is 214 cm³/mol. The Morgan fingerprint density at radius 3 is 1.63 bits per heavy atom. The molecule has 2 saturated heterocycles. The van der Waals surface area contributed by atoms with Crippen LogP contribution in [0.3, 0.4) is 0 Å². The van der Waals surface area contributed by atoms with Gasteiger partial charge in [0.1, 0.15) is 11.7 Å². The molecule has 4 aromatic rings. The van der Waals surface area contributed by atoms with E-state index < -0.39 is 0 Å². The molecule has 0 amide bonds. The van der Waals surface area contributed by atoms with Crippen LogP contribution in [0.4, 0.5) is 11.4 Å². The zero-order valence-corrected chi connectivity index (χ0v) is 30.7. The molecule has 2 fully saturated rings. The normalized spacial score (nSPS) is 16.2. The molecular weight excluding hydrogens is 643 g/mol. The van der Waals surface area contributed by atoms with Crippen molar-refractivity contribution in [3.8, 4) is 0 Å². The second kappa shape index (κ2) is 19.1. The SMILES string of the molecule is CN(/N=N/c1cccc(C(=N)NCCC2CCN(Cc3ccccc3)CC2)c1)c1cccc(C(=N)NCCC2CCN(Cc3ccccc3)CC2)c1. The average molecular weight is 698 g/mol. The van der Waals surface area contributed by atoms with Gasteiger partial charge in [-0.15, -0.1) is 5.11 Å². The Morgan fingerprint density at radius 1 is 0.635 bits per heavy atom. The van der Waals surface area contributed by atoms with Gasteiger partial charge in [-0.1, -0.05) is 90.2 Å². The molecule has 4 N–H and O–H groups in total. The van der Waals surface area contributed by atoms with E-state index in [4.69, 9.17) is 10.8 Å². The van der Waals surface area contributed by atoms with Crippen LogP contribution in [0.25, 0.3) is 0 Å². The molecule has 0 spiro atoms. The lowest BCUT2D eigenvalue weighted by Crippen LogP contribution is -2.34. The Labute approximate surface area is 310 Å². The summed E-state index contributed by atoms with van der Waals surface area (Å²) < 4.78 is 0. The molecule has 6 rings (SSSR count). The second-order valence-electron chi connectivity index (χ2n) is 14.4. The number of hydrogen-bond acceptors (Lipinski definition) is 6. The first kappa shape index (κ1) is 36.9. The van der Waals surface area contributed by atoms with Crippen molar-refractivity contribution in [2.75, 3.05) is 51.3 Å². The van der Waals surface area contributed by atoms with E-state index in [0.29, 0.717) is 29.2 Å². The van der Waals surface area contributed by atoms with Crippen molar-refractivity contribution in [2.45, 2.75) is 51.6 Å². The number of hydrogen-bond donors (Lipinski definition) is 4. The lowest BCUT2D eigenvalue weighted by Gasteiger charge is -2.32. The van der Waals surface area contributed by atoms with Crippen LogP contribution in [0.15, 0.2) is 120 Å². The third kappa shape index (κ3) is 11.3. The largest absolute Gasteiger partial charge is 0.370 e. The van der Waals surface area contributed by atoms with Gasteiger partial charge in [0.25, 0.3) is 0 Å². The van der Waals surface area contributed by atoms with Crippen LogP contribution in [-0.2, 0) is 13.1 Å². The highest BCUT2D eigenvalue weighted by Gasteiger charge is 2.20. The maximum Gasteiger partial charge on any atom is 0.125 e. The van der Waals surface area contributed by atoms with Gasteiger partial charge in [0.15, 0.2) is 0 Å². The van der Waals surface area contributed by atoms with Crippen molar-refractivity contribution >= 4 is 23.0 Å². The Balaban J connectivity index is 0.895. The zero-order chi connectivity index (χ0) is 36.0. The summed E-state index contributed by atoms with van der Waals surface area (Å²) in [6, 6.07) is 37.0. The third-order valence-corrected chi connectivity index (χ3v) is 10.6. The van der Waals surface area contributed by atoms with E-state index in [9.17, 15) is 0 Å². The molecule has 0 saturated carbocycles. The van der Waals surface area contributed by atoms with Gasteiger partial charge in [-0.25, -0.2) is 5.01 Å². The van der Waals surface area contributed by atoms with Crippen molar-refractivity contribution in [2.24, 2.45) is 22.2 Å². The zero-order valence-electron chi connectivity index (χ0n) is 30.7. The fraction of sp³-hybridized carbons (Fsp3) is 0.395. The molecule has 0 unspecified atom stereocenters. The number of nitrogens with zero attached hydrogens (tertiary/aromatic N) is 5. The summed E-state index contributed by atoms with van der Waals surface area (Å²) in [6.45, 7) is 8.22. The van der Waals surface area contributed by atoms with Crippen LogP contribution >= 0.6 is 0 Å². The number of rotatable bonds is 15. The molecular formula is C43H55N9. The lowest BCUT2D eigenvalue weighted by molar-refractivity contribution is 0.173. The van der Waals surface area contributed by atoms with Crippen LogP contribution in [0, 0.1) is 22.7 Å². The fourth-order valence-electron chi connectivity index (χ4n) is 7.31.